The number of esters is 1. The van der Waals surface area contributed by atoms with Gasteiger partial charge >= 0.3 is 5.97 Å². The first kappa shape index (κ1) is 21.9. The summed E-state index contributed by atoms with van der Waals surface area (Å²) >= 11 is 1.58. The molecule has 1 heterocycles. The lowest BCUT2D eigenvalue weighted by molar-refractivity contribution is -0.116. The molecular weight excluding hydrogens is 358 g/mol. The number of ether oxygens (including phenoxy) is 1. The Labute approximate surface area is 168 Å². The quantitative estimate of drug-likeness (QED) is 0.274. The summed E-state index contributed by atoms with van der Waals surface area (Å²) in [6, 6.07) is 0. The molecule has 4 nitrogen and oxygen atoms in total. The first-order valence-electron chi connectivity index (χ1n) is 10.8. The van der Waals surface area contributed by atoms with E-state index in [1.807, 2.05) is 6.92 Å². The van der Waals surface area contributed by atoms with Gasteiger partial charge in [0.05, 0.1) is 12.2 Å². The molecule has 1 N–H and O–H groups in total. The van der Waals surface area contributed by atoms with Gasteiger partial charge in [0.25, 0.3) is 0 Å². The van der Waals surface area contributed by atoms with Gasteiger partial charge < -0.3 is 10.1 Å². The van der Waals surface area contributed by atoms with Crippen molar-refractivity contribution in [3.63, 3.8) is 0 Å². The van der Waals surface area contributed by atoms with Crippen molar-refractivity contribution in [2.24, 2.45) is 0 Å². The average molecular weight is 394 g/mol. The number of nitrogens with one attached hydrogen (secondary N) is 1. The van der Waals surface area contributed by atoms with Crippen LogP contribution in [-0.2, 0) is 22.4 Å². The van der Waals surface area contributed by atoms with Gasteiger partial charge in [-0.3, -0.25) is 4.79 Å². The number of hydrogen-bond acceptors (Lipinski definition) is 4. The van der Waals surface area contributed by atoms with Crippen LogP contribution in [-0.4, -0.2) is 18.5 Å². The molecule has 0 atom stereocenters. The minimum Gasteiger partial charge on any atom is -0.462 e. The number of anilines is 1. The summed E-state index contributed by atoms with van der Waals surface area (Å²) in [5.74, 6) is -0.252. The highest BCUT2D eigenvalue weighted by Gasteiger charge is 2.26. The number of rotatable bonds is 11. The fraction of sp³-hybridized carbons (Fsp3) is 0.727. The summed E-state index contributed by atoms with van der Waals surface area (Å²) in [7, 11) is 0. The highest BCUT2D eigenvalue weighted by atomic mass is 32.1. The maximum absolute atomic E-state index is 12.6. The van der Waals surface area contributed by atoms with E-state index >= 15 is 0 Å². The molecule has 1 aromatic heterocycles. The predicted octanol–water partition coefficient (Wildman–Crippen LogP) is 6.27. The zero-order valence-corrected chi connectivity index (χ0v) is 17.8. The van der Waals surface area contributed by atoms with Gasteiger partial charge in [0.2, 0.25) is 5.91 Å². The molecule has 0 spiro atoms. The van der Waals surface area contributed by atoms with Gasteiger partial charge in [-0.05, 0) is 44.1 Å². The number of aryl methyl sites for hydroxylation is 1. The van der Waals surface area contributed by atoms with Gasteiger partial charge in [-0.1, -0.05) is 52.4 Å². The van der Waals surface area contributed by atoms with Crippen LogP contribution >= 0.6 is 11.3 Å². The number of fused-ring (bicyclic) bond motifs is 1. The van der Waals surface area contributed by atoms with Crippen molar-refractivity contribution >= 4 is 28.2 Å². The lowest BCUT2D eigenvalue weighted by Crippen LogP contribution is -2.15. The van der Waals surface area contributed by atoms with Crippen LogP contribution in [0.3, 0.4) is 0 Å². The van der Waals surface area contributed by atoms with E-state index in [-0.39, 0.29) is 11.9 Å². The Hall–Kier alpha value is -1.36. The van der Waals surface area contributed by atoms with E-state index in [1.54, 1.807) is 11.3 Å². The van der Waals surface area contributed by atoms with Crippen molar-refractivity contribution in [3.05, 3.63) is 16.0 Å². The fourth-order valence-electron chi connectivity index (χ4n) is 3.57. The number of carbonyl (C=O) groups excluding carboxylic acids is 2. The largest absolute Gasteiger partial charge is 0.462 e. The van der Waals surface area contributed by atoms with Gasteiger partial charge in [-0.25, -0.2) is 4.79 Å². The molecule has 0 bridgehead atoms. The van der Waals surface area contributed by atoms with Gasteiger partial charge in [0.15, 0.2) is 0 Å². The zero-order chi connectivity index (χ0) is 19.5. The standard InChI is InChI=1S/C22H35NO3S/c1-3-5-6-7-8-12-15-19(24)23-21-20(22(25)26-16-4-2)17-13-10-9-11-14-18(17)27-21/h3-16H2,1-2H3,(H,23,24). The van der Waals surface area contributed by atoms with Crippen LogP contribution in [0.4, 0.5) is 5.00 Å². The van der Waals surface area contributed by atoms with Crippen molar-refractivity contribution in [2.75, 3.05) is 11.9 Å². The second-order valence-corrected chi connectivity index (χ2v) is 8.58. The van der Waals surface area contributed by atoms with E-state index < -0.39 is 0 Å². The lowest BCUT2D eigenvalue weighted by Gasteiger charge is -2.09. The molecule has 1 aromatic rings. The topological polar surface area (TPSA) is 55.4 Å². The summed E-state index contributed by atoms with van der Waals surface area (Å²) in [5.41, 5.74) is 1.75. The highest BCUT2D eigenvalue weighted by molar-refractivity contribution is 7.17. The third-order valence-corrected chi connectivity index (χ3v) is 6.28. The molecule has 27 heavy (non-hydrogen) atoms. The van der Waals surface area contributed by atoms with Crippen LogP contribution in [0.15, 0.2) is 0 Å². The van der Waals surface area contributed by atoms with E-state index in [4.69, 9.17) is 4.74 Å². The molecule has 5 heteroatoms. The smallest absolute Gasteiger partial charge is 0.341 e. The molecule has 1 aliphatic rings. The maximum atomic E-state index is 12.6. The van der Waals surface area contributed by atoms with Crippen LogP contribution in [0, 0.1) is 0 Å². The normalized spacial score (nSPS) is 13.7. The third kappa shape index (κ3) is 6.95. The molecular formula is C22H35NO3S. The number of thiophene rings is 1. The van der Waals surface area contributed by atoms with E-state index in [2.05, 4.69) is 12.2 Å². The summed E-state index contributed by atoms with van der Waals surface area (Å²) in [5, 5.41) is 3.73. The van der Waals surface area contributed by atoms with Crippen molar-refractivity contribution in [3.8, 4) is 0 Å². The number of carbonyl (C=O) groups is 2. The molecule has 0 saturated heterocycles. The summed E-state index contributed by atoms with van der Waals surface area (Å²) in [6.07, 6.45) is 13.7. The van der Waals surface area contributed by atoms with E-state index in [9.17, 15) is 9.59 Å². The summed E-state index contributed by atoms with van der Waals surface area (Å²) in [6.45, 7) is 4.62. The Morgan fingerprint density at radius 1 is 0.963 bits per heavy atom. The SMILES string of the molecule is CCCCCCCCC(=O)Nc1sc2c(c1C(=O)OCCC)CCCCC2. The van der Waals surface area contributed by atoms with Crippen LogP contribution in [0.2, 0.25) is 0 Å². The molecule has 0 radical (unpaired) electrons. The molecule has 152 valence electrons. The van der Waals surface area contributed by atoms with Crippen LogP contribution < -0.4 is 5.32 Å². The second-order valence-electron chi connectivity index (χ2n) is 7.47. The van der Waals surface area contributed by atoms with Crippen molar-refractivity contribution in [2.45, 2.75) is 97.3 Å². The average Bonchev–Trinajstić information content (AvgIpc) is 2.83. The third-order valence-electron chi connectivity index (χ3n) is 5.07. The molecule has 0 aliphatic heterocycles. The predicted molar refractivity (Wildman–Crippen MR) is 113 cm³/mol. The Morgan fingerprint density at radius 2 is 1.70 bits per heavy atom. The summed E-state index contributed by atoms with van der Waals surface area (Å²) < 4.78 is 5.42. The van der Waals surface area contributed by atoms with Crippen molar-refractivity contribution in [1.82, 2.24) is 0 Å². The number of unbranched alkanes of at least 4 members (excludes halogenated alkanes) is 5. The number of amides is 1. The van der Waals surface area contributed by atoms with E-state index in [1.165, 1.54) is 37.0 Å². The van der Waals surface area contributed by atoms with Gasteiger partial charge in [-0.2, -0.15) is 0 Å². The Bertz CT molecular complexity index is 609. The van der Waals surface area contributed by atoms with Crippen LogP contribution in [0.5, 0.6) is 0 Å². The Kier molecular flexibility index (Phi) is 9.89. The second kappa shape index (κ2) is 12.2. The molecule has 1 amide bonds. The molecule has 0 fully saturated rings. The Morgan fingerprint density at radius 3 is 2.48 bits per heavy atom. The van der Waals surface area contributed by atoms with E-state index in [0.717, 1.165) is 50.5 Å². The molecule has 2 rings (SSSR count). The molecule has 0 unspecified atom stereocenters. The summed E-state index contributed by atoms with van der Waals surface area (Å²) in [4.78, 5) is 26.3. The van der Waals surface area contributed by atoms with Gasteiger partial charge in [-0.15, -0.1) is 11.3 Å². The maximum Gasteiger partial charge on any atom is 0.341 e. The lowest BCUT2D eigenvalue weighted by atomic mass is 10.1. The van der Waals surface area contributed by atoms with Crippen LogP contribution in [0.25, 0.3) is 0 Å². The van der Waals surface area contributed by atoms with Gasteiger partial charge in [0, 0.05) is 11.3 Å². The van der Waals surface area contributed by atoms with Crippen molar-refractivity contribution < 1.29 is 14.3 Å². The molecule has 1 aliphatic carbocycles. The van der Waals surface area contributed by atoms with Crippen LogP contribution in [0.1, 0.15) is 105 Å². The van der Waals surface area contributed by atoms with Gasteiger partial charge in [0.1, 0.15) is 5.00 Å². The highest BCUT2D eigenvalue weighted by Crippen LogP contribution is 2.38. The Balaban J connectivity index is 2.00. The van der Waals surface area contributed by atoms with E-state index in [0.29, 0.717) is 23.6 Å². The monoisotopic (exact) mass is 393 g/mol. The molecule has 0 aromatic carbocycles. The van der Waals surface area contributed by atoms with Crippen molar-refractivity contribution in [1.29, 1.82) is 0 Å². The first-order chi connectivity index (χ1) is 13.2. The minimum absolute atomic E-state index is 0.0199. The number of hydrogen-bond donors (Lipinski definition) is 1. The zero-order valence-electron chi connectivity index (χ0n) is 17.0. The first-order valence-corrected chi connectivity index (χ1v) is 11.6. The fourth-order valence-corrected chi connectivity index (χ4v) is 4.86. The molecule has 0 saturated carbocycles. The minimum atomic E-state index is -0.272.